The van der Waals surface area contributed by atoms with Gasteiger partial charge in [0.15, 0.2) is 0 Å². The second kappa shape index (κ2) is 9.24. The number of carbonyl (C=O) groups is 1. The van der Waals surface area contributed by atoms with Crippen molar-refractivity contribution < 1.29 is 14.3 Å². The molecule has 0 spiro atoms. The number of methoxy groups -OCH3 is 1. The highest BCUT2D eigenvalue weighted by Crippen LogP contribution is 2.17. The van der Waals surface area contributed by atoms with Gasteiger partial charge < -0.3 is 20.1 Å². The van der Waals surface area contributed by atoms with Crippen LogP contribution in [0, 0.1) is 5.92 Å². The molecule has 26 heavy (non-hydrogen) atoms. The standard InChI is InChI=1S/C19H26N4O3/c1-25-18-4-2-15(3-5-18)6-9-20-19(24)22-17-12-21-23(14-17)13-16-7-10-26-11-8-16/h2-5,12,14,16H,6-11,13H2,1H3,(H2,20,22,24). The van der Waals surface area contributed by atoms with E-state index in [0.717, 1.165) is 50.3 Å². The largest absolute Gasteiger partial charge is 0.497 e. The molecule has 0 unspecified atom stereocenters. The molecule has 1 aliphatic heterocycles. The Morgan fingerprint density at radius 3 is 2.81 bits per heavy atom. The van der Waals surface area contributed by atoms with Crippen LogP contribution in [0.4, 0.5) is 10.5 Å². The van der Waals surface area contributed by atoms with Crippen LogP contribution in [0.25, 0.3) is 0 Å². The maximum atomic E-state index is 12.0. The molecule has 140 valence electrons. The number of nitrogens with zero attached hydrogens (tertiary/aromatic N) is 2. The quantitative estimate of drug-likeness (QED) is 0.798. The Hall–Kier alpha value is -2.54. The van der Waals surface area contributed by atoms with Gasteiger partial charge in [-0.1, -0.05) is 12.1 Å². The smallest absolute Gasteiger partial charge is 0.319 e. The van der Waals surface area contributed by atoms with Gasteiger partial charge in [-0.05, 0) is 42.9 Å². The van der Waals surface area contributed by atoms with E-state index in [1.165, 1.54) is 0 Å². The predicted octanol–water partition coefficient (Wildman–Crippen LogP) is 2.68. The van der Waals surface area contributed by atoms with Crippen LogP contribution in [0.1, 0.15) is 18.4 Å². The van der Waals surface area contributed by atoms with Crippen molar-refractivity contribution >= 4 is 11.7 Å². The molecule has 7 nitrogen and oxygen atoms in total. The van der Waals surface area contributed by atoms with E-state index in [1.54, 1.807) is 13.3 Å². The number of benzene rings is 1. The minimum Gasteiger partial charge on any atom is -0.497 e. The Balaban J connectivity index is 1.38. The summed E-state index contributed by atoms with van der Waals surface area (Å²) in [6.07, 6.45) is 6.45. The summed E-state index contributed by atoms with van der Waals surface area (Å²) in [4.78, 5) is 12.0. The number of rotatable bonds is 7. The maximum Gasteiger partial charge on any atom is 0.319 e. The van der Waals surface area contributed by atoms with Crippen molar-refractivity contribution in [3.05, 3.63) is 42.2 Å². The zero-order chi connectivity index (χ0) is 18.2. The third-order valence-electron chi connectivity index (χ3n) is 4.54. The lowest BCUT2D eigenvalue weighted by atomic mass is 10.0. The molecule has 1 saturated heterocycles. The van der Waals surface area contributed by atoms with E-state index in [0.29, 0.717) is 18.2 Å². The van der Waals surface area contributed by atoms with Crippen LogP contribution < -0.4 is 15.4 Å². The summed E-state index contributed by atoms with van der Waals surface area (Å²) < 4.78 is 12.4. The summed E-state index contributed by atoms with van der Waals surface area (Å²) in [6, 6.07) is 7.62. The van der Waals surface area contributed by atoms with Gasteiger partial charge in [0.05, 0.1) is 19.0 Å². The van der Waals surface area contributed by atoms with Gasteiger partial charge in [-0.15, -0.1) is 0 Å². The monoisotopic (exact) mass is 358 g/mol. The van der Waals surface area contributed by atoms with Crippen molar-refractivity contribution in [2.45, 2.75) is 25.8 Å². The van der Waals surface area contributed by atoms with Gasteiger partial charge in [-0.25, -0.2) is 4.79 Å². The van der Waals surface area contributed by atoms with Crippen molar-refractivity contribution in [1.29, 1.82) is 0 Å². The lowest BCUT2D eigenvalue weighted by Crippen LogP contribution is -2.30. The van der Waals surface area contributed by atoms with Crippen molar-refractivity contribution in [2.24, 2.45) is 5.92 Å². The highest BCUT2D eigenvalue weighted by molar-refractivity contribution is 5.88. The summed E-state index contributed by atoms with van der Waals surface area (Å²) in [6.45, 7) is 3.08. The zero-order valence-corrected chi connectivity index (χ0v) is 15.1. The van der Waals surface area contributed by atoms with E-state index in [1.807, 2.05) is 35.1 Å². The van der Waals surface area contributed by atoms with Gasteiger partial charge >= 0.3 is 6.03 Å². The molecule has 0 bridgehead atoms. The fraction of sp³-hybridized carbons (Fsp3) is 0.474. The van der Waals surface area contributed by atoms with Gasteiger partial charge in [0.1, 0.15) is 5.75 Å². The molecule has 0 radical (unpaired) electrons. The van der Waals surface area contributed by atoms with Crippen LogP contribution in [0.15, 0.2) is 36.7 Å². The molecule has 3 rings (SSSR count). The summed E-state index contributed by atoms with van der Waals surface area (Å²) in [5.74, 6) is 1.42. The molecule has 1 aromatic heterocycles. The van der Waals surface area contributed by atoms with Gasteiger partial charge in [-0.2, -0.15) is 5.10 Å². The molecule has 1 aliphatic rings. The Morgan fingerprint density at radius 2 is 2.08 bits per heavy atom. The summed E-state index contributed by atoms with van der Waals surface area (Å²) >= 11 is 0. The van der Waals surface area contributed by atoms with Crippen molar-refractivity contribution in [1.82, 2.24) is 15.1 Å². The van der Waals surface area contributed by atoms with E-state index in [4.69, 9.17) is 9.47 Å². The second-order valence-corrected chi connectivity index (χ2v) is 6.49. The first kappa shape index (κ1) is 18.3. The van der Waals surface area contributed by atoms with Crippen molar-refractivity contribution in [2.75, 3.05) is 32.2 Å². The Bertz CT molecular complexity index is 693. The molecular formula is C19H26N4O3. The number of aromatic nitrogens is 2. The Morgan fingerprint density at radius 1 is 1.31 bits per heavy atom. The van der Waals surface area contributed by atoms with E-state index < -0.39 is 0 Å². The van der Waals surface area contributed by atoms with Gasteiger partial charge in [0.2, 0.25) is 0 Å². The molecule has 1 fully saturated rings. The SMILES string of the molecule is COc1ccc(CCNC(=O)Nc2cnn(CC3CCOCC3)c2)cc1. The number of hydrogen-bond acceptors (Lipinski definition) is 4. The van der Waals surface area contributed by atoms with E-state index in [-0.39, 0.29) is 6.03 Å². The predicted molar refractivity (Wildman–Crippen MR) is 99.5 cm³/mol. The minimum atomic E-state index is -0.218. The lowest BCUT2D eigenvalue weighted by molar-refractivity contribution is 0.0601. The highest BCUT2D eigenvalue weighted by atomic mass is 16.5. The van der Waals surface area contributed by atoms with Crippen LogP contribution >= 0.6 is 0 Å². The van der Waals surface area contributed by atoms with Crippen LogP contribution in [0.3, 0.4) is 0 Å². The van der Waals surface area contributed by atoms with Crippen LogP contribution in [-0.4, -0.2) is 42.7 Å². The first-order valence-corrected chi connectivity index (χ1v) is 9.01. The van der Waals surface area contributed by atoms with Gasteiger partial charge in [-0.3, -0.25) is 4.68 Å². The summed E-state index contributed by atoms with van der Waals surface area (Å²) in [7, 11) is 1.65. The first-order chi connectivity index (χ1) is 12.7. The molecule has 7 heteroatoms. The number of urea groups is 1. The summed E-state index contributed by atoms with van der Waals surface area (Å²) in [5.41, 5.74) is 1.86. The molecule has 0 atom stereocenters. The fourth-order valence-electron chi connectivity index (χ4n) is 3.01. The number of anilines is 1. The molecule has 2 N–H and O–H groups in total. The lowest BCUT2D eigenvalue weighted by Gasteiger charge is -2.21. The molecule has 2 amide bonds. The molecular weight excluding hydrogens is 332 g/mol. The number of ether oxygens (including phenoxy) is 2. The maximum absolute atomic E-state index is 12.0. The molecule has 2 heterocycles. The van der Waals surface area contributed by atoms with Crippen molar-refractivity contribution in [3.8, 4) is 5.75 Å². The van der Waals surface area contributed by atoms with E-state index in [2.05, 4.69) is 15.7 Å². The number of amides is 2. The number of carbonyl (C=O) groups excluding carboxylic acids is 1. The van der Waals surface area contributed by atoms with Crippen molar-refractivity contribution in [3.63, 3.8) is 0 Å². The average Bonchev–Trinajstić information content (AvgIpc) is 3.10. The molecule has 1 aromatic carbocycles. The third-order valence-corrected chi connectivity index (χ3v) is 4.54. The Labute approximate surface area is 153 Å². The molecule has 2 aromatic rings. The first-order valence-electron chi connectivity index (χ1n) is 9.01. The molecule has 0 aliphatic carbocycles. The summed E-state index contributed by atoms with van der Waals surface area (Å²) in [5, 5.41) is 10.0. The topological polar surface area (TPSA) is 77.4 Å². The fourth-order valence-corrected chi connectivity index (χ4v) is 3.01. The average molecular weight is 358 g/mol. The van der Waals surface area contributed by atoms with Gasteiger partial charge in [0.25, 0.3) is 0 Å². The van der Waals surface area contributed by atoms with Crippen LogP contribution in [0.5, 0.6) is 5.75 Å². The normalized spacial score (nSPS) is 14.8. The number of hydrogen-bond donors (Lipinski definition) is 2. The molecule has 0 saturated carbocycles. The van der Waals surface area contributed by atoms with E-state index in [9.17, 15) is 4.79 Å². The Kier molecular flexibility index (Phi) is 6.49. The highest BCUT2D eigenvalue weighted by Gasteiger charge is 2.15. The minimum absolute atomic E-state index is 0.218. The number of nitrogens with one attached hydrogen (secondary N) is 2. The van der Waals surface area contributed by atoms with E-state index >= 15 is 0 Å². The zero-order valence-electron chi connectivity index (χ0n) is 15.1. The van der Waals surface area contributed by atoms with Crippen LogP contribution in [0.2, 0.25) is 0 Å². The van der Waals surface area contributed by atoms with Crippen LogP contribution in [-0.2, 0) is 17.7 Å². The third kappa shape index (κ3) is 5.49. The second-order valence-electron chi connectivity index (χ2n) is 6.49. The van der Waals surface area contributed by atoms with Gasteiger partial charge in [0, 0.05) is 32.5 Å².